The lowest BCUT2D eigenvalue weighted by Crippen LogP contribution is -2.11. The molecule has 0 unspecified atom stereocenters. The van der Waals surface area contributed by atoms with Crippen molar-refractivity contribution in [1.29, 1.82) is 0 Å². The van der Waals surface area contributed by atoms with Gasteiger partial charge in [0.15, 0.2) is 0 Å². The van der Waals surface area contributed by atoms with Gasteiger partial charge in [-0.1, -0.05) is 13.2 Å². The van der Waals surface area contributed by atoms with Gasteiger partial charge in [-0.25, -0.2) is 24.0 Å². The molecule has 0 atom stereocenters. The molecule has 0 saturated carbocycles. The quantitative estimate of drug-likeness (QED) is 0.0396. The summed E-state index contributed by atoms with van der Waals surface area (Å²) in [5.74, 6) is -0.818. The maximum absolute atomic E-state index is 12.7. The summed E-state index contributed by atoms with van der Waals surface area (Å²) >= 11 is 0. The first-order valence-electron chi connectivity index (χ1n) is 16.6. The molecule has 0 N–H and O–H groups in total. The van der Waals surface area contributed by atoms with E-state index in [1.54, 1.807) is 48.5 Å². The Morgan fingerprint density at radius 1 is 0.396 bits per heavy atom. The molecular formula is C41H38O12. The molecule has 4 rings (SSSR count). The molecule has 0 aliphatic heterocycles. The number of ether oxygens (including phenoxy) is 7. The van der Waals surface area contributed by atoms with Gasteiger partial charge >= 0.3 is 29.8 Å². The van der Waals surface area contributed by atoms with Crippen LogP contribution in [0, 0.1) is 0 Å². The van der Waals surface area contributed by atoms with Crippen LogP contribution in [0.5, 0.6) is 28.7 Å². The van der Waals surface area contributed by atoms with E-state index in [2.05, 4.69) is 13.2 Å². The SMILES string of the molecule is C=CC(=O)OCCCCOc1ccc(OC(=O)c2ccc(OC(=O)c3ccc(OC(=O)c4ccc(OCCCCOC(=O)C=C)cc4)cc3)cc2)cc1. The second-order valence-electron chi connectivity index (χ2n) is 11.1. The van der Waals surface area contributed by atoms with Crippen molar-refractivity contribution in [2.45, 2.75) is 25.7 Å². The summed E-state index contributed by atoms with van der Waals surface area (Å²) in [7, 11) is 0. The summed E-state index contributed by atoms with van der Waals surface area (Å²) in [6.07, 6.45) is 4.89. The van der Waals surface area contributed by atoms with E-state index in [0.29, 0.717) is 68.3 Å². The van der Waals surface area contributed by atoms with E-state index in [9.17, 15) is 24.0 Å². The lowest BCUT2D eigenvalue weighted by Gasteiger charge is -2.09. The van der Waals surface area contributed by atoms with Gasteiger partial charge in [-0.05, 0) is 123 Å². The highest BCUT2D eigenvalue weighted by atomic mass is 16.6. The second-order valence-corrected chi connectivity index (χ2v) is 11.1. The Hall–Kier alpha value is -6.69. The summed E-state index contributed by atoms with van der Waals surface area (Å²) in [4.78, 5) is 60.0. The van der Waals surface area contributed by atoms with Gasteiger partial charge in [-0.3, -0.25) is 0 Å². The second kappa shape index (κ2) is 20.9. The lowest BCUT2D eigenvalue weighted by molar-refractivity contribution is -0.138. The van der Waals surface area contributed by atoms with Gasteiger partial charge in [0.1, 0.15) is 28.7 Å². The third-order valence-electron chi connectivity index (χ3n) is 7.16. The molecule has 0 radical (unpaired) electrons. The monoisotopic (exact) mass is 722 g/mol. The molecule has 0 aliphatic carbocycles. The minimum atomic E-state index is -0.648. The summed E-state index contributed by atoms with van der Waals surface area (Å²) in [6.45, 7) is 8.10. The molecular weight excluding hydrogens is 684 g/mol. The minimum absolute atomic E-state index is 0.212. The van der Waals surface area contributed by atoms with Gasteiger partial charge in [0.25, 0.3) is 0 Å². The fraction of sp³-hybridized carbons (Fsp3) is 0.195. The van der Waals surface area contributed by atoms with Gasteiger partial charge < -0.3 is 33.2 Å². The Kier molecular flexibility index (Phi) is 15.4. The number of unbranched alkanes of at least 4 members (excludes halogenated alkanes) is 2. The van der Waals surface area contributed by atoms with Gasteiger partial charge in [0.2, 0.25) is 0 Å². The van der Waals surface area contributed by atoms with E-state index in [-0.39, 0.29) is 29.2 Å². The van der Waals surface area contributed by atoms with Crippen LogP contribution in [0.2, 0.25) is 0 Å². The zero-order valence-electron chi connectivity index (χ0n) is 28.9. The van der Waals surface area contributed by atoms with E-state index in [1.807, 2.05) is 0 Å². The van der Waals surface area contributed by atoms with Crippen LogP contribution in [0.4, 0.5) is 0 Å². The lowest BCUT2D eigenvalue weighted by atomic mass is 10.2. The smallest absolute Gasteiger partial charge is 0.343 e. The van der Waals surface area contributed by atoms with Crippen molar-refractivity contribution in [2.75, 3.05) is 26.4 Å². The maximum atomic E-state index is 12.7. The highest BCUT2D eigenvalue weighted by Gasteiger charge is 2.14. The van der Waals surface area contributed by atoms with E-state index in [1.165, 1.54) is 48.5 Å². The molecule has 12 nitrogen and oxygen atoms in total. The summed E-state index contributed by atoms with van der Waals surface area (Å²) in [5, 5.41) is 0. The van der Waals surface area contributed by atoms with E-state index >= 15 is 0 Å². The number of benzene rings is 4. The predicted octanol–water partition coefficient (Wildman–Crippen LogP) is 7.12. The molecule has 0 spiro atoms. The van der Waals surface area contributed by atoms with Crippen LogP contribution in [0.1, 0.15) is 56.8 Å². The Labute approximate surface area is 306 Å². The number of rotatable bonds is 20. The number of carbonyl (C=O) groups excluding carboxylic acids is 5. The third kappa shape index (κ3) is 13.5. The minimum Gasteiger partial charge on any atom is -0.494 e. The number of esters is 5. The van der Waals surface area contributed by atoms with Crippen LogP contribution >= 0.6 is 0 Å². The van der Waals surface area contributed by atoms with Crippen LogP contribution < -0.4 is 23.7 Å². The van der Waals surface area contributed by atoms with Crippen molar-refractivity contribution in [3.63, 3.8) is 0 Å². The largest absolute Gasteiger partial charge is 0.494 e. The Balaban J connectivity index is 1.16. The molecule has 0 amide bonds. The molecule has 0 fully saturated rings. The molecule has 4 aromatic carbocycles. The zero-order valence-corrected chi connectivity index (χ0v) is 28.9. The molecule has 0 heterocycles. The first kappa shape index (κ1) is 39.1. The van der Waals surface area contributed by atoms with Crippen molar-refractivity contribution in [3.8, 4) is 28.7 Å². The van der Waals surface area contributed by atoms with E-state index in [4.69, 9.17) is 33.2 Å². The molecule has 12 heteroatoms. The van der Waals surface area contributed by atoms with Gasteiger partial charge in [0, 0.05) is 12.2 Å². The highest BCUT2D eigenvalue weighted by Crippen LogP contribution is 2.22. The van der Waals surface area contributed by atoms with Crippen molar-refractivity contribution in [2.24, 2.45) is 0 Å². The van der Waals surface area contributed by atoms with Crippen LogP contribution in [-0.2, 0) is 19.1 Å². The Morgan fingerprint density at radius 2 is 0.660 bits per heavy atom. The first-order chi connectivity index (χ1) is 25.7. The summed E-state index contributed by atoms with van der Waals surface area (Å²) in [5.41, 5.74) is 0.772. The van der Waals surface area contributed by atoms with E-state index in [0.717, 1.165) is 12.2 Å². The number of hydrogen-bond acceptors (Lipinski definition) is 12. The fourth-order valence-corrected chi connectivity index (χ4v) is 4.36. The maximum Gasteiger partial charge on any atom is 0.343 e. The van der Waals surface area contributed by atoms with Crippen molar-refractivity contribution < 1.29 is 57.1 Å². The van der Waals surface area contributed by atoms with Crippen LogP contribution in [0.3, 0.4) is 0 Å². The molecule has 0 bridgehead atoms. The fourth-order valence-electron chi connectivity index (χ4n) is 4.36. The zero-order chi connectivity index (χ0) is 37.8. The topological polar surface area (TPSA) is 150 Å². The van der Waals surface area contributed by atoms with Gasteiger partial charge in [-0.2, -0.15) is 0 Å². The van der Waals surface area contributed by atoms with Gasteiger partial charge in [0.05, 0.1) is 43.1 Å². The molecule has 274 valence electrons. The summed E-state index contributed by atoms with van der Waals surface area (Å²) < 4.78 is 37.4. The van der Waals surface area contributed by atoms with Crippen molar-refractivity contribution >= 4 is 29.8 Å². The van der Waals surface area contributed by atoms with Crippen LogP contribution in [-0.4, -0.2) is 56.3 Å². The standard InChI is InChI=1S/C41H38O12/c1-3-37(42)49-27-7-5-25-47-32-15-9-29(10-16-32)39(44)51-34-17-11-30(12-18-34)40(45)52-35-19-13-31(14-20-35)41(46)53-36-23-21-33(22-24-36)48-26-6-8-28-50-38(43)4-2/h3-4,9-24H,1-2,5-8,25-28H2. The molecule has 0 aliphatic rings. The predicted molar refractivity (Wildman–Crippen MR) is 192 cm³/mol. The molecule has 53 heavy (non-hydrogen) atoms. The molecule has 4 aromatic rings. The summed E-state index contributed by atoms with van der Waals surface area (Å²) in [6, 6.07) is 24.8. The number of hydrogen-bond donors (Lipinski definition) is 0. The normalized spacial score (nSPS) is 10.3. The first-order valence-corrected chi connectivity index (χ1v) is 16.6. The highest BCUT2D eigenvalue weighted by molar-refractivity contribution is 5.93. The van der Waals surface area contributed by atoms with Crippen molar-refractivity contribution in [3.05, 3.63) is 139 Å². The van der Waals surface area contributed by atoms with E-state index < -0.39 is 29.8 Å². The Bertz CT molecular complexity index is 1850. The third-order valence-corrected chi connectivity index (χ3v) is 7.16. The molecule has 0 saturated heterocycles. The van der Waals surface area contributed by atoms with Gasteiger partial charge in [-0.15, -0.1) is 0 Å². The number of carbonyl (C=O) groups is 5. The Morgan fingerprint density at radius 3 is 0.981 bits per heavy atom. The van der Waals surface area contributed by atoms with Crippen molar-refractivity contribution in [1.82, 2.24) is 0 Å². The molecule has 0 aromatic heterocycles. The van der Waals surface area contributed by atoms with Crippen LogP contribution in [0.15, 0.2) is 122 Å². The average Bonchev–Trinajstić information content (AvgIpc) is 3.18. The average molecular weight is 723 g/mol. The van der Waals surface area contributed by atoms with Crippen LogP contribution in [0.25, 0.3) is 0 Å².